The number of hydrogen-bond acceptors (Lipinski definition) is 1. The van der Waals surface area contributed by atoms with E-state index in [1.54, 1.807) is 0 Å². The van der Waals surface area contributed by atoms with Gasteiger partial charge in [-0.15, -0.1) is 0 Å². The van der Waals surface area contributed by atoms with Gasteiger partial charge in [0.05, 0.1) is 0 Å². The predicted octanol–water partition coefficient (Wildman–Crippen LogP) is 2.91. The van der Waals surface area contributed by atoms with Crippen LogP contribution in [0.2, 0.25) is 0 Å². The molecule has 0 amide bonds. The Morgan fingerprint density at radius 1 is 1.08 bits per heavy atom. The van der Waals surface area contributed by atoms with Gasteiger partial charge in [0.1, 0.15) is 0 Å². The normalized spacial score (nSPS) is 27.9. The lowest BCUT2D eigenvalue weighted by Crippen LogP contribution is -2.35. The molecule has 0 aromatic heterocycles. The van der Waals surface area contributed by atoms with Crippen molar-refractivity contribution in [1.82, 2.24) is 4.90 Å². The van der Waals surface area contributed by atoms with E-state index in [9.17, 15) is 0 Å². The maximum absolute atomic E-state index is 2.68. The summed E-state index contributed by atoms with van der Waals surface area (Å²) in [4.78, 5) is 2.68. The predicted molar refractivity (Wildman–Crippen MR) is 56.8 cm³/mol. The molecule has 2 rings (SSSR count). The highest BCUT2D eigenvalue weighted by molar-refractivity contribution is 5.03. The minimum Gasteiger partial charge on any atom is -0.303 e. The average molecular weight is 181 g/mol. The maximum Gasteiger partial charge on any atom is 0.00430 e. The second-order valence-corrected chi connectivity index (χ2v) is 6.01. The Labute approximate surface area is 82.5 Å². The smallest absolute Gasteiger partial charge is 0.00430 e. The first kappa shape index (κ1) is 9.51. The topological polar surface area (TPSA) is 3.24 Å². The van der Waals surface area contributed by atoms with Crippen LogP contribution in [0.3, 0.4) is 0 Å². The summed E-state index contributed by atoms with van der Waals surface area (Å²) in [5, 5.41) is 0. The molecule has 0 aromatic rings. The van der Waals surface area contributed by atoms with Gasteiger partial charge in [-0.05, 0) is 49.6 Å². The van der Waals surface area contributed by atoms with Crippen molar-refractivity contribution < 1.29 is 0 Å². The molecule has 1 aliphatic carbocycles. The lowest BCUT2D eigenvalue weighted by atomic mass is 9.77. The molecule has 1 heteroatoms. The minimum atomic E-state index is 0.523. The van der Waals surface area contributed by atoms with Gasteiger partial charge < -0.3 is 4.90 Å². The molecule has 1 saturated heterocycles. The standard InChI is InChI=1S/C12H23N/c1-11(2,3)12(6-7-12)10-13-8-4-5-9-13/h4-10H2,1-3H3. The first-order valence-electron chi connectivity index (χ1n) is 5.76. The van der Waals surface area contributed by atoms with Crippen molar-refractivity contribution >= 4 is 0 Å². The van der Waals surface area contributed by atoms with E-state index in [2.05, 4.69) is 25.7 Å². The van der Waals surface area contributed by atoms with Gasteiger partial charge in [0.25, 0.3) is 0 Å². The van der Waals surface area contributed by atoms with Crippen LogP contribution in [0.1, 0.15) is 46.5 Å². The fraction of sp³-hybridized carbons (Fsp3) is 1.00. The third-order valence-corrected chi connectivity index (χ3v) is 4.17. The van der Waals surface area contributed by atoms with Gasteiger partial charge in [-0.3, -0.25) is 0 Å². The second-order valence-electron chi connectivity index (χ2n) is 6.01. The molecule has 0 unspecified atom stereocenters. The van der Waals surface area contributed by atoms with Gasteiger partial charge in [-0.25, -0.2) is 0 Å². The molecular weight excluding hydrogens is 158 g/mol. The van der Waals surface area contributed by atoms with Gasteiger partial charge in [0, 0.05) is 6.54 Å². The van der Waals surface area contributed by atoms with Crippen LogP contribution in [-0.4, -0.2) is 24.5 Å². The molecular formula is C12H23N. The monoisotopic (exact) mass is 181 g/mol. The lowest BCUT2D eigenvalue weighted by Gasteiger charge is -2.34. The SMILES string of the molecule is CC(C)(C)C1(CN2CCCC2)CC1. The van der Waals surface area contributed by atoms with E-state index in [1.165, 1.54) is 45.3 Å². The Morgan fingerprint density at radius 3 is 2.00 bits per heavy atom. The fourth-order valence-electron chi connectivity index (χ4n) is 2.66. The van der Waals surface area contributed by atoms with Crippen molar-refractivity contribution in [2.75, 3.05) is 19.6 Å². The highest BCUT2D eigenvalue weighted by atomic mass is 15.2. The number of rotatable bonds is 2. The molecule has 0 atom stereocenters. The first-order chi connectivity index (χ1) is 6.04. The molecule has 76 valence electrons. The van der Waals surface area contributed by atoms with Gasteiger partial charge in [-0.2, -0.15) is 0 Å². The highest BCUT2D eigenvalue weighted by Crippen LogP contribution is 2.58. The summed E-state index contributed by atoms with van der Waals surface area (Å²) in [5.74, 6) is 0. The molecule has 0 bridgehead atoms. The molecule has 1 nitrogen and oxygen atoms in total. The zero-order chi connectivity index (χ0) is 9.53. The summed E-state index contributed by atoms with van der Waals surface area (Å²) in [6, 6.07) is 0. The molecule has 1 saturated carbocycles. The van der Waals surface area contributed by atoms with Crippen LogP contribution >= 0.6 is 0 Å². The van der Waals surface area contributed by atoms with E-state index in [4.69, 9.17) is 0 Å². The highest BCUT2D eigenvalue weighted by Gasteiger charge is 2.52. The van der Waals surface area contributed by atoms with Crippen LogP contribution in [0.15, 0.2) is 0 Å². The Bertz CT molecular complexity index is 180. The van der Waals surface area contributed by atoms with Crippen LogP contribution < -0.4 is 0 Å². The van der Waals surface area contributed by atoms with E-state index in [0.29, 0.717) is 10.8 Å². The third kappa shape index (κ3) is 1.76. The fourth-order valence-corrected chi connectivity index (χ4v) is 2.66. The molecule has 13 heavy (non-hydrogen) atoms. The van der Waals surface area contributed by atoms with Gasteiger partial charge in [-0.1, -0.05) is 20.8 Å². The quantitative estimate of drug-likeness (QED) is 0.633. The Morgan fingerprint density at radius 2 is 1.62 bits per heavy atom. The Hall–Kier alpha value is -0.0400. The molecule has 2 fully saturated rings. The Kier molecular flexibility index (Phi) is 2.18. The molecule has 1 aliphatic heterocycles. The summed E-state index contributed by atoms with van der Waals surface area (Å²) in [6.07, 6.45) is 5.79. The Balaban J connectivity index is 1.93. The molecule has 0 radical (unpaired) electrons. The van der Waals surface area contributed by atoms with E-state index < -0.39 is 0 Å². The largest absolute Gasteiger partial charge is 0.303 e. The summed E-state index contributed by atoms with van der Waals surface area (Å²) in [7, 11) is 0. The third-order valence-electron chi connectivity index (χ3n) is 4.17. The number of nitrogens with zero attached hydrogens (tertiary/aromatic N) is 1. The van der Waals surface area contributed by atoms with Crippen molar-refractivity contribution in [3.8, 4) is 0 Å². The van der Waals surface area contributed by atoms with Gasteiger partial charge in [0.2, 0.25) is 0 Å². The summed E-state index contributed by atoms with van der Waals surface area (Å²) in [5.41, 5.74) is 1.20. The zero-order valence-corrected chi connectivity index (χ0v) is 9.40. The van der Waals surface area contributed by atoms with Gasteiger partial charge in [0.15, 0.2) is 0 Å². The molecule has 0 N–H and O–H groups in total. The van der Waals surface area contributed by atoms with Crippen LogP contribution in [0.4, 0.5) is 0 Å². The summed E-state index contributed by atoms with van der Waals surface area (Å²) in [6.45, 7) is 11.3. The number of hydrogen-bond donors (Lipinski definition) is 0. The van der Waals surface area contributed by atoms with E-state index >= 15 is 0 Å². The van der Waals surface area contributed by atoms with E-state index in [-0.39, 0.29) is 0 Å². The van der Waals surface area contributed by atoms with Crippen molar-refractivity contribution in [2.45, 2.75) is 46.5 Å². The van der Waals surface area contributed by atoms with Crippen molar-refractivity contribution in [1.29, 1.82) is 0 Å². The van der Waals surface area contributed by atoms with E-state index in [0.717, 1.165) is 0 Å². The van der Waals surface area contributed by atoms with E-state index in [1.807, 2.05) is 0 Å². The zero-order valence-electron chi connectivity index (χ0n) is 9.40. The van der Waals surface area contributed by atoms with Crippen LogP contribution in [-0.2, 0) is 0 Å². The van der Waals surface area contributed by atoms with Crippen molar-refractivity contribution in [3.05, 3.63) is 0 Å². The van der Waals surface area contributed by atoms with Crippen LogP contribution in [0.25, 0.3) is 0 Å². The second kappa shape index (κ2) is 2.98. The van der Waals surface area contributed by atoms with Gasteiger partial charge >= 0.3 is 0 Å². The van der Waals surface area contributed by atoms with Crippen molar-refractivity contribution in [2.24, 2.45) is 10.8 Å². The van der Waals surface area contributed by atoms with Crippen LogP contribution in [0, 0.1) is 10.8 Å². The van der Waals surface area contributed by atoms with Crippen LogP contribution in [0.5, 0.6) is 0 Å². The first-order valence-corrected chi connectivity index (χ1v) is 5.76. The molecule has 0 aromatic carbocycles. The average Bonchev–Trinajstić information content (AvgIpc) is 2.59. The molecule has 0 spiro atoms. The van der Waals surface area contributed by atoms with Crippen molar-refractivity contribution in [3.63, 3.8) is 0 Å². The maximum atomic E-state index is 2.68. The molecule has 2 aliphatic rings. The summed E-state index contributed by atoms with van der Waals surface area (Å²) < 4.78 is 0. The lowest BCUT2D eigenvalue weighted by molar-refractivity contribution is 0.145. The number of likely N-dealkylation sites (tertiary alicyclic amines) is 1. The summed E-state index contributed by atoms with van der Waals surface area (Å²) >= 11 is 0. The minimum absolute atomic E-state index is 0.523. The molecule has 1 heterocycles.